The van der Waals surface area contributed by atoms with E-state index in [1.165, 1.54) is 11.3 Å². The first-order chi connectivity index (χ1) is 4.20. The fourth-order valence-corrected chi connectivity index (χ4v) is 2.97. The zero-order valence-corrected chi connectivity index (χ0v) is 8.11. The van der Waals surface area contributed by atoms with Crippen LogP contribution in [0.15, 0.2) is 20.1 Å². The molecule has 1 unspecified atom stereocenters. The summed E-state index contributed by atoms with van der Waals surface area (Å²) in [5, 5.41) is 0. The number of hydrogen-bond donors (Lipinski definition) is 0. The Bertz CT molecular complexity index is 234. The van der Waals surface area contributed by atoms with Gasteiger partial charge in [-0.2, -0.15) is 0 Å². The van der Waals surface area contributed by atoms with Crippen LogP contribution >= 0.6 is 37.9 Å². The van der Waals surface area contributed by atoms with Gasteiger partial charge in [-0.15, -0.1) is 11.3 Å². The highest BCUT2D eigenvalue weighted by Crippen LogP contribution is 2.25. The third-order valence-electron chi connectivity index (χ3n) is 0.707. The number of rotatable bonds is 1. The van der Waals surface area contributed by atoms with E-state index in [-0.39, 0.29) is 0 Å². The first-order valence-corrected chi connectivity index (χ1v) is 5.62. The normalized spacial score (nSPS) is 13.6. The second kappa shape index (κ2) is 3.14. The van der Waals surface area contributed by atoms with Crippen molar-refractivity contribution in [2.24, 2.45) is 0 Å². The minimum atomic E-state index is -1.35. The van der Waals surface area contributed by atoms with Crippen LogP contribution < -0.4 is 0 Å². The van der Waals surface area contributed by atoms with E-state index in [0.717, 1.165) is 3.79 Å². The minimum Gasteiger partial charge on any atom is -0.236 e. The number of thiophene rings is 1. The van der Waals surface area contributed by atoms with Gasteiger partial charge in [-0.25, -0.2) is 4.21 Å². The average Bonchev–Trinajstić information content (AvgIpc) is 2.14. The Morgan fingerprint density at radius 1 is 1.67 bits per heavy atom. The van der Waals surface area contributed by atoms with Crippen LogP contribution in [0.2, 0.25) is 0 Å². The van der Waals surface area contributed by atoms with Gasteiger partial charge in [0.1, 0.15) is 4.21 Å². The summed E-state index contributed by atoms with van der Waals surface area (Å²) in [5.41, 5.74) is 0. The summed E-state index contributed by atoms with van der Waals surface area (Å²) in [4.78, 5) is 0. The van der Waals surface area contributed by atoms with Crippen molar-refractivity contribution < 1.29 is 4.21 Å². The van der Waals surface area contributed by atoms with Crippen molar-refractivity contribution in [3.63, 3.8) is 0 Å². The molecule has 5 heteroatoms. The van der Waals surface area contributed by atoms with Crippen molar-refractivity contribution in [1.82, 2.24) is 0 Å². The number of halogens is 2. The lowest BCUT2D eigenvalue weighted by atomic mass is 10.7. The SMILES string of the molecule is O=S(Cl)c1ccc(Br)s1. The fraction of sp³-hybridized carbons (Fsp3) is 0. The van der Waals surface area contributed by atoms with Crippen LogP contribution in [0, 0.1) is 0 Å². The van der Waals surface area contributed by atoms with Gasteiger partial charge in [-0.1, -0.05) is 0 Å². The zero-order valence-electron chi connectivity index (χ0n) is 4.14. The molecule has 1 heterocycles. The summed E-state index contributed by atoms with van der Waals surface area (Å²) in [6, 6.07) is 3.55. The van der Waals surface area contributed by atoms with Crippen LogP contribution in [0.1, 0.15) is 0 Å². The summed E-state index contributed by atoms with van der Waals surface area (Å²) >= 11 is 4.61. The van der Waals surface area contributed by atoms with Crippen molar-refractivity contribution in [1.29, 1.82) is 0 Å². The molecule has 0 fully saturated rings. The second-order valence-electron chi connectivity index (χ2n) is 1.28. The van der Waals surface area contributed by atoms with Gasteiger partial charge in [0.2, 0.25) is 0 Å². The van der Waals surface area contributed by atoms with E-state index in [1.807, 2.05) is 6.07 Å². The molecule has 1 aromatic heterocycles. The van der Waals surface area contributed by atoms with Gasteiger partial charge in [-0.05, 0) is 38.7 Å². The average molecular weight is 246 g/mol. The Morgan fingerprint density at radius 3 is 2.56 bits per heavy atom. The maximum absolute atomic E-state index is 10.5. The first-order valence-electron chi connectivity index (χ1n) is 2.03. The fourth-order valence-electron chi connectivity index (χ4n) is 0.384. The molecular weight excluding hydrogens is 244 g/mol. The highest BCUT2D eigenvalue weighted by molar-refractivity contribution is 9.11. The van der Waals surface area contributed by atoms with E-state index in [1.54, 1.807) is 6.07 Å². The predicted molar refractivity (Wildman–Crippen MR) is 44.3 cm³/mol. The van der Waals surface area contributed by atoms with Crippen LogP contribution in [0.4, 0.5) is 0 Å². The Hall–Kier alpha value is 0.620. The molecule has 1 nitrogen and oxygen atoms in total. The predicted octanol–water partition coefficient (Wildman–Crippen LogP) is 2.77. The van der Waals surface area contributed by atoms with E-state index in [4.69, 9.17) is 10.7 Å². The summed E-state index contributed by atoms with van der Waals surface area (Å²) in [7, 11) is 3.93. The Labute approximate surface area is 72.1 Å². The largest absolute Gasteiger partial charge is 0.236 e. The van der Waals surface area contributed by atoms with E-state index in [2.05, 4.69) is 15.9 Å². The molecule has 9 heavy (non-hydrogen) atoms. The van der Waals surface area contributed by atoms with E-state index in [9.17, 15) is 4.21 Å². The molecule has 0 N–H and O–H groups in total. The van der Waals surface area contributed by atoms with Crippen molar-refractivity contribution >= 4 is 48.0 Å². The van der Waals surface area contributed by atoms with Crippen molar-refractivity contribution in [2.75, 3.05) is 0 Å². The third-order valence-corrected chi connectivity index (χ3v) is 4.05. The zero-order chi connectivity index (χ0) is 6.85. The van der Waals surface area contributed by atoms with Crippen LogP contribution in [-0.2, 0) is 10.0 Å². The molecule has 1 aromatic rings. The molecule has 0 bridgehead atoms. The number of hydrogen-bond acceptors (Lipinski definition) is 2. The Kier molecular flexibility index (Phi) is 2.70. The van der Waals surface area contributed by atoms with Crippen LogP contribution in [0.5, 0.6) is 0 Å². The molecule has 0 saturated heterocycles. The highest BCUT2D eigenvalue weighted by Gasteiger charge is 2.01. The van der Waals surface area contributed by atoms with Gasteiger partial charge in [-0.3, -0.25) is 0 Å². The molecule has 0 aliphatic carbocycles. The van der Waals surface area contributed by atoms with Gasteiger partial charge >= 0.3 is 0 Å². The first kappa shape index (κ1) is 7.72. The summed E-state index contributed by atoms with van der Waals surface area (Å²) in [6.07, 6.45) is 0. The van der Waals surface area contributed by atoms with Crippen molar-refractivity contribution in [3.8, 4) is 0 Å². The van der Waals surface area contributed by atoms with Gasteiger partial charge < -0.3 is 0 Å². The van der Waals surface area contributed by atoms with Gasteiger partial charge in [0.05, 0.1) is 3.79 Å². The summed E-state index contributed by atoms with van der Waals surface area (Å²) < 4.78 is 12.2. The van der Waals surface area contributed by atoms with E-state index >= 15 is 0 Å². The molecule has 1 atom stereocenters. The van der Waals surface area contributed by atoms with Crippen LogP contribution in [-0.4, -0.2) is 4.21 Å². The smallest absolute Gasteiger partial charge is 0.157 e. The van der Waals surface area contributed by atoms with E-state index < -0.39 is 10.0 Å². The van der Waals surface area contributed by atoms with E-state index in [0.29, 0.717) is 4.21 Å². The lowest BCUT2D eigenvalue weighted by molar-refractivity contribution is 0.692. The topological polar surface area (TPSA) is 17.1 Å². The van der Waals surface area contributed by atoms with Crippen LogP contribution in [0.3, 0.4) is 0 Å². The maximum atomic E-state index is 10.5. The molecular formula is C4H2BrClOS2. The molecule has 0 aliphatic rings. The van der Waals surface area contributed by atoms with Gasteiger partial charge in [0, 0.05) is 0 Å². The van der Waals surface area contributed by atoms with Gasteiger partial charge in [0.25, 0.3) is 0 Å². The standard InChI is InChI=1S/C4H2BrClOS2/c5-3-1-2-4(8-3)9(6)7/h1-2H. The molecule has 0 saturated carbocycles. The lowest BCUT2D eigenvalue weighted by Crippen LogP contribution is -1.68. The van der Waals surface area contributed by atoms with Gasteiger partial charge in [0.15, 0.2) is 10.0 Å². The molecule has 0 aromatic carbocycles. The Balaban J connectivity index is 2.98. The molecule has 50 valence electrons. The lowest BCUT2D eigenvalue weighted by Gasteiger charge is -1.79. The van der Waals surface area contributed by atoms with Crippen LogP contribution in [0.25, 0.3) is 0 Å². The summed E-state index contributed by atoms with van der Waals surface area (Å²) in [5.74, 6) is 0. The highest BCUT2D eigenvalue weighted by atomic mass is 79.9. The molecule has 1 rings (SSSR count). The molecule has 0 aliphatic heterocycles. The maximum Gasteiger partial charge on any atom is 0.157 e. The minimum absolute atomic E-state index is 0.684. The molecule has 0 spiro atoms. The Morgan fingerprint density at radius 2 is 2.33 bits per heavy atom. The summed E-state index contributed by atoms with van der Waals surface area (Å²) in [6.45, 7) is 0. The quantitative estimate of drug-likeness (QED) is 0.696. The van der Waals surface area contributed by atoms with Crippen molar-refractivity contribution in [3.05, 3.63) is 15.9 Å². The molecule has 0 radical (unpaired) electrons. The third kappa shape index (κ3) is 2.04. The second-order valence-corrected chi connectivity index (χ2v) is 5.73. The molecule has 0 amide bonds. The van der Waals surface area contributed by atoms with Crippen molar-refractivity contribution in [2.45, 2.75) is 4.21 Å². The monoisotopic (exact) mass is 244 g/mol.